The summed E-state index contributed by atoms with van der Waals surface area (Å²) in [5.41, 5.74) is 2.24. The van der Waals surface area contributed by atoms with E-state index in [0.29, 0.717) is 6.54 Å². The number of nitrogens with zero attached hydrogens (tertiary/aromatic N) is 1. The average molecular weight is 452 g/mol. The summed E-state index contributed by atoms with van der Waals surface area (Å²) >= 11 is 6.12. The van der Waals surface area contributed by atoms with Gasteiger partial charge in [0.1, 0.15) is 0 Å². The molecule has 2 aromatic carbocycles. The van der Waals surface area contributed by atoms with Crippen LogP contribution in [0.4, 0.5) is 0 Å². The number of hydrogen-bond donors (Lipinski definition) is 2. The molecule has 0 saturated carbocycles. The lowest BCUT2D eigenvalue weighted by molar-refractivity contribution is -0.0212. The Kier molecular flexibility index (Phi) is 7.49. The van der Waals surface area contributed by atoms with Gasteiger partial charge in [-0.1, -0.05) is 35.9 Å². The van der Waals surface area contributed by atoms with Gasteiger partial charge in [0, 0.05) is 26.2 Å². The quantitative estimate of drug-likeness (QED) is 0.675. The van der Waals surface area contributed by atoms with Crippen LogP contribution < -0.4 is 10.0 Å². The van der Waals surface area contributed by atoms with Crippen LogP contribution >= 0.6 is 11.6 Å². The highest BCUT2D eigenvalue weighted by Crippen LogP contribution is 2.21. The summed E-state index contributed by atoms with van der Waals surface area (Å²) in [6, 6.07) is 12.1. The second kappa shape index (κ2) is 9.89. The molecule has 1 amide bonds. The molecule has 7 nitrogen and oxygen atoms in total. The zero-order chi connectivity index (χ0) is 21.7. The van der Waals surface area contributed by atoms with Crippen molar-refractivity contribution in [3.05, 3.63) is 64.2 Å². The monoisotopic (exact) mass is 451 g/mol. The fourth-order valence-electron chi connectivity index (χ4n) is 3.37. The van der Waals surface area contributed by atoms with E-state index in [2.05, 4.69) is 34.0 Å². The fourth-order valence-corrected chi connectivity index (χ4v) is 4.33. The van der Waals surface area contributed by atoms with E-state index in [1.54, 1.807) is 0 Å². The molecule has 1 heterocycles. The molecule has 3 rings (SSSR count). The van der Waals surface area contributed by atoms with E-state index in [1.165, 1.54) is 25.2 Å². The number of nitrogens with one attached hydrogen (secondary N) is 2. The van der Waals surface area contributed by atoms with Gasteiger partial charge in [-0.25, -0.2) is 13.1 Å². The van der Waals surface area contributed by atoms with Gasteiger partial charge in [-0.2, -0.15) is 0 Å². The third kappa shape index (κ3) is 5.80. The van der Waals surface area contributed by atoms with Crippen molar-refractivity contribution < 1.29 is 17.9 Å². The molecule has 1 aliphatic rings. The Hall–Kier alpha value is -1.97. The van der Waals surface area contributed by atoms with E-state index < -0.39 is 15.9 Å². The number of ether oxygens (including phenoxy) is 1. The van der Waals surface area contributed by atoms with Gasteiger partial charge < -0.3 is 10.1 Å². The van der Waals surface area contributed by atoms with Crippen molar-refractivity contribution in [2.24, 2.45) is 0 Å². The molecular formula is C21H26ClN3O4S. The van der Waals surface area contributed by atoms with Gasteiger partial charge in [0.2, 0.25) is 10.0 Å². The van der Waals surface area contributed by atoms with Crippen LogP contribution in [0.25, 0.3) is 0 Å². The van der Waals surface area contributed by atoms with Crippen molar-refractivity contribution in [2.45, 2.75) is 31.0 Å². The summed E-state index contributed by atoms with van der Waals surface area (Å²) in [5, 5.41) is 3.01. The Balaban J connectivity index is 1.66. The van der Waals surface area contributed by atoms with E-state index in [1.807, 2.05) is 12.1 Å². The minimum Gasteiger partial charge on any atom is -0.376 e. The Bertz CT molecular complexity index is 1010. The van der Waals surface area contributed by atoms with Gasteiger partial charge in [0.05, 0.1) is 28.2 Å². The number of morpholine rings is 1. The molecule has 1 unspecified atom stereocenters. The average Bonchev–Trinajstić information content (AvgIpc) is 2.72. The van der Waals surface area contributed by atoms with Crippen LogP contribution in [0, 0.1) is 0 Å². The van der Waals surface area contributed by atoms with Gasteiger partial charge >= 0.3 is 0 Å². The van der Waals surface area contributed by atoms with Crippen molar-refractivity contribution in [3.8, 4) is 0 Å². The smallest absolute Gasteiger partial charge is 0.253 e. The molecule has 30 heavy (non-hydrogen) atoms. The molecule has 1 fully saturated rings. The van der Waals surface area contributed by atoms with Gasteiger partial charge in [-0.3, -0.25) is 9.69 Å². The van der Waals surface area contributed by atoms with Crippen molar-refractivity contribution in [3.63, 3.8) is 0 Å². The molecule has 2 aromatic rings. The lowest BCUT2D eigenvalue weighted by atomic mass is 10.1. The minimum absolute atomic E-state index is 0.0127. The second-order valence-corrected chi connectivity index (χ2v) is 9.56. The number of rotatable bonds is 7. The van der Waals surface area contributed by atoms with Crippen molar-refractivity contribution in [1.82, 2.24) is 14.9 Å². The van der Waals surface area contributed by atoms with Gasteiger partial charge in [0.25, 0.3) is 5.91 Å². The van der Waals surface area contributed by atoms with Crippen LogP contribution in [-0.4, -0.2) is 52.1 Å². The molecule has 1 aliphatic heterocycles. The van der Waals surface area contributed by atoms with Gasteiger partial charge in [-0.05, 0) is 43.3 Å². The third-order valence-electron chi connectivity index (χ3n) is 4.94. The van der Waals surface area contributed by atoms with Crippen molar-refractivity contribution in [2.75, 3.05) is 26.7 Å². The molecule has 0 spiro atoms. The van der Waals surface area contributed by atoms with E-state index >= 15 is 0 Å². The number of benzene rings is 2. The maximum Gasteiger partial charge on any atom is 0.253 e. The van der Waals surface area contributed by atoms with Crippen LogP contribution in [0.5, 0.6) is 0 Å². The Labute approximate surface area is 182 Å². The van der Waals surface area contributed by atoms with E-state index in [4.69, 9.17) is 16.3 Å². The normalized spacial score (nSPS) is 17.6. The van der Waals surface area contributed by atoms with Crippen LogP contribution in [0.3, 0.4) is 0 Å². The molecule has 9 heteroatoms. The van der Waals surface area contributed by atoms with Crippen LogP contribution in [0.1, 0.15) is 28.4 Å². The lowest BCUT2D eigenvalue weighted by Gasteiger charge is -2.31. The van der Waals surface area contributed by atoms with Crippen LogP contribution in [-0.2, 0) is 27.8 Å². The van der Waals surface area contributed by atoms with E-state index in [9.17, 15) is 13.2 Å². The summed E-state index contributed by atoms with van der Waals surface area (Å²) < 4.78 is 31.8. The number of carbonyl (C=O) groups is 1. The lowest BCUT2D eigenvalue weighted by Crippen LogP contribution is -2.40. The Morgan fingerprint density at radius 1 is 1.23 bits per heavy atom. The topological polar surface area (TPSA) is 87.7 Å². The summed E-state index contributed by atoms with van der Waals surface area (Å²) in [6.07, 6.45) is 0.230. The number of carbonyl (C=O) groups excluding carboxylic acids is 1. The van der Waals surface area contributed by atoms with E-state index in [-0.39, 0.29) is 21.6 Å². The van der Waals surface area contributed by atoms with Crippen LogP contribution in [0.15, 0.2) is 47.4 Å². The summed E-state index contributed by atoms with van der Waals surface area (Å²) in [5.74, 6) is -0.430. The zero-order valence-corrected chi connectivity index (χ0v) is 18.6. The number of halogens is 1. The first-order chi connectivity index (χ1) is 14.3. The third-order valence-corrected chi connectivity index (χ3v) is 6.68. The zero-order valence-electron chi connectivity index (χ0n) is 17.0. The highest BCUT2D eigenvalue weighted by molar-refractivity contribution is 7.89. The first-order valence-electron chi connectivity index (χ1n) is 9.71. The highest BCUT2D eigenvalue weighted by atomic mass is 35.5. The molecular weight excluding hydrogens is 426 g/mol. The number of sulfonamides is 1. The van der Waals surface area contributed by atoms with Crippen LogP contribution in [0.2, 0.25) is 5.02 Å². The largest absolute Gasteiger partial charge is 0.376 e. The molecule has 0 aromatic heterocycles. The standard InChI is InChI=1S/C21H26ClN3O4S/c1-15-13-25(8-9-29-15)14-17-5-3-4-16(10-17)12-24-21(26)19-11-18(6-7-20(19)22)30(27,28)23-2/h3-7,10-11,15,23H,8-9,12-14H2,1-2H3,(H,24,26). The maximum absolute atomic E-state index is 12.6. The van der Waals surface area contributed by atoms with Crippen molar-refractivity contribution >= 4 is 27.5 Å². The molecule has 1 atom stereocenters. The molecule has 0 bridgehead atoms. The summed E-state index contributed by atoms with van der Waals surface area (Å²) in [7, 11) is -2.35. The molecule has 2 N–H and O–H groups in total. The predicted molar refractivity (Wildman–Crippen MR) is 116 cm³/mol. The SMILES string of the molecule is CNS(=O)(=O)c1ccc(Cl)c(C(=O)NCc2cccc(CN3CCOC(C)C3)c2)c1. The maximum atomic E-state index is 12.6. The number of hydrogen-bond acceptors (Lipinski definition) is 5. The number of amides is 1. The second-order valence-electron chi connectivity index (χ2n) is 7.27. The first kappa shape index (κ1) is 22.7. The predicted octanol–water partition coefficient (Wildman–Crippen LogP) is 2.40. The Morgan fingerprint density at radius 3 is 2.73 bits per heavy atom. The van der Waals surface area contributed by atoms with Crippen molar-refractivity contribution in [1.29, 1.82) is 0 Å². The summed E-state index contributed by atoms with van der Waals surface area (Å²) in [4.78, 5) is 14.9. The highest BCUT2D eigenvalue weighted by Gasteiger charge is 2.18. The van der Waals surface area contributed by atoms with Gasteiger partial charge in [0.15, 0.2) is 0 Å². The fraction of sp³-hybridized carbons (Fsp3) is 0.381. The summed E-state index contributed by atoms with van der Waals surface area (Å²) in [6.45, 7) is 5.73. The molecule has 162 valence electrons. The minimum atomic E-state index is -3.66. The molecule has 1 saturated heterocycles. The first-order valence-corrected chi connectivity index (χ1v) is 11.6. The Morgan fingerprint density at radius 2 is 2.00 bits per heavy atom. The molecule has 0 radical (unpaired) electrons. The van der Waals surface area contributed by atoms with E-state index in [0.717, 1.165) is 37.4 Å². The molecule has 0 aliphatic carbocycles. The van der Waals surface area contributed by atoms with Gasteiger partial charge in [-0.15, -0.1) is 0 Å².